The van der Waals surface area contributed by atoms with Gasteiger partial charge in [0.05, 0.1) is 6.61 Å². The van der Waals surface area contributed by atoms with E-state index in [1.165, 1.54) is 12.3 Å². The Hall–Kier alpha value is -3.59. The smallest absolute Gasteiger partial charge is 0.212 e. The largest absolute Gasteiger partial charge is 0.486 e. The molecule has 130 valence electrons. The number of nitrogens with two attached hydrogens (primary N) is 1. The minimum Gasteiger partial charge on any atom is -0.486 e. The van der Waals surface area contributed by atoms with Gasteiger partial charge in [-0.15, -0.1) is 4.91 Å². The number of nitrogens with zero attached hydrogens (tertiary/aromatic N) is 2. The van der Waals surface area contributed by atoms with Gasteiger partial charge in [0.15, 0.2) is 11.4 Å². The Bertz CT molecular complexity index is 1030. The maximum Gasteiger partial charge on any atom is 0.212 e. The fourth-order valence-corrected chi connectivity index (χ4v) is 2.69. The van der Waals surface area contributed by atoms with Crippen LogP contribution in [0.4, 0.5) is 11.5 Å². The molecule has 0 atom stereocenters. The number of benzene rings is 1. The summed E-state index contributed by atoms with van der Waals surface area (Å²) >= 11 is 0. The third kappa shape index (κ3) is 3.28. The molecule has 0 amide bonds. The SMILES string of the molecule is CCOc1c#ccc(-c2cc(-n3cc(N=O)c(=O)cc3N)ccc2C)c1. The van der Waals surface area contributed by atoms with Gasteiger partial charge >= 0.3 is 0 Å². The molecule has 0 unspecified atom stereocenters. The highest BCUT2D eigenvalue weighted by Crippen LogP contribution is 2.28. The van der Waals surface area contributed by atoms with Crippen LogP contribution in [0.1, 0.15) is 12.5 Å². The van der Waals surface area contributed by atoms with E-state index in [0.29, 0.717) is 18.0 Å². The average molecular weight is 347 g/mol. The number of hydrogen-bond donors (Lipinski definition) is 1. The van der Waals surface area contributed by atoms with E-state index in [1.807, 2.05) is 44.2 Å². The predicted molar refractivity (Wildman–Crippen MR) is 101 cm³/mol. The third-order valence-corrected chi connectivity index (χ3v) is 3.98. The summed E-state index contributed by atoms with van der Waals surface area (Å²) in [5.74, 6) is 0.838. The van der Waals surface area contributed by atoms with Gasteiger partial charge < -0.3 is 15.0 Å². The second-order valence-corrected chi connectivity index (χ2v) is 5.72. The molecule has 0 saturated carbocycles. The summed E-state index contributed by atoms with van der Waals surface area (Å²) in [6.07, 6.45) is 1.34. The molecule has 0 saturated heterocycles. The van der Waals surface area contributed by atoms with E-state index < -0.39 is 5.43 Å². The standard InChI is InChI=1S/C20H17N3O3/c1-3-26-16-6-4-5-14(9-16)17-10-15(8-7-13(17)2)23-12-18(22-25)19(24)11-20(23)21/h5,7-12H,3,21H2,1-2H3. The summed E-state index contributed by atoms with van der Waals surface area (Å²) in [4.78, 5) is 22.5. The van der Waals surface area contributed by atoms with Gasteiger partial charge in [0.1, 0.15) is 5.82 Å². The summed E-state index contributed by atoms with van der Waals surface area (Å²) in [5.41, 5.74) is 8.88. The molecule has 0 radical (unpaired) electrons. The van der Waals surface area contributed by atoms with Crippen molar-refractivity contribution >= 4 is 11.5 Å². The first kappa shape index (κ1) is 17.2. The van der Waals surface area contributed by atoms with E-state index in [2.05, 4.69) is 17.3 Å². The number of anilines is 1. The van der Waals surface area contributed by atoms with E-state index in [1.54, 1.807) is 4.57 Å². The van der Waals surface area contributed by atoms with Crippen molar-refractivity contribution in [1.29, 1.82) is 0 Å². The number of rotatable bonds is 5. The topological polar surface area (TPSA) is 86.7 Å². The van der Waals surface area contributed by atoms with Crippen LogP contribution in [0.5, 0.6) is 5.75 Å². The molecule has 2 aromatic carbocycles. The molecule has 0 fully saturated rings. The monoisotopic (exact) mass is 347 g/mol. The summed E-state index contributed by atoms with van der Waals surface area (Å²) in [6, 6.07) is 16.5. The van der Waals surface area contributed by atoms with E-state index in [9.17, 15) is 9.70 Å². The molecule has 0 spiro atoms. The molecule has 6 heteroatoms. The Morgan fingerprint density at radius 2 is 2.08 bits per heavy atom. The van der Waals surface area contributed by atoms with Crippen LogP contribution in [0.15, 0.2) is 52.6 Å². The molecular formula is C20H17N3O3. The van der Waals surface area contributed by atoms with Crippen LogP contribution in [-0.2, 0) is 0 Å². The number of nitrogen functional groups attached to an aromatic ring is 1. The lowest BCUT2D eigenvalue weighted by Gasteiger charge is -2.14. The van der Waals surface area contributed by atoms with E-state index in [-0.39, 0.29) is 11.5 Å². The van der Waals surface area contributed by atoms with Gasteiger partial charge in [0.25, 0.3) is 0 Å². The number of pyridine rings is 1. The summed E-state index contributed by atoms with van der Waals surface area (Å²) in [5, 5.41) is 2.76. The van der Waals surface area contributed by atoms with Gasteiger partial charge in [-0.25, -0.2) is 0 Å². The molecule has 1 aromatic heterocycles. The fourth-order valence-electron chi connectivity index (χ4n) is 2.69. The molecule has 0 aliphatic carbocycles. The van der Waals surface area contributed by atoms with Gasteiger partial charge in [0.2, 0.25) is 5.43 Å². The molecule has 6 nitrogen and oxygen atoms in total. The maximum absolute atomic E-state index is 11.7. The minimum absolute atomic E-state index is 0.192. The van der Waals surface area contributed by atoms with Crippen molar-refractivity contribution in [3.63, 3.8) is 0 Å². The number of ether oxygens (including phenoxy) is 1. The van der Waals surface area contributed by atoms with Crippen molar-refractivity contribution in [3.05, 3.63) is 75.4 Å². The van der Waals surface area contributed by atoms with E-state index >= 15 is 0 Å². The van der Waals surface area contributed by atoms with Crippen molar-refractivity contribution in [1.82, 2.24) is 4.57 Å². The molecule has 3 rings (SSSR count). The molecule has 26 heavy (non-hydrogen) atoms. The van der Waals surface area contributed by atoms with Crippen LogP contribution in [-0.4, -0.2) is 11.2 Å². The van der Waals surface area contributed by atoms with Crippen LogP contribution >= 0.6 is 0 Å². The second-order valence-electron chi connectivity index (χ2n) is 5.72. The highest BCUT2D eigenvalue weighted by molar-refractivity contribution is 5.70. The normalized spacial score (nSPS) is 10.2. The third-order valence-electron chi connectivity index (χ3n) is 3.98. The van der Waals surface area contributed by atoms with Crippen LogP contribution in [0, 0.1) is 24.0 Å². The lowest BCUT2D eigenvalue weighted by Crippen LogP contribution is -2.10. The van der Waals surface area contributed by atoms with Gasteiger partial charge in [0, 0.05) is 18.0 Å². The highest BCUT2D eigenvalue weighted by Gasteiger charge is 2.10. The van der Waals surface area contributed by atoms with Crippen molar-refractivity contribution in [3.8, 4) is 22.6 Å². The maximum atomic E-state index is 11.7. The Morgan fingerprint density at radius 1 is 1.27 bits per heavy atom. The van der Waals surface area contributed by atoms with Crippen molar-refractivity contribution in [2.45, 2.75) is 13.8 Å². The van der Waals surface area contributed by atoms with Gasteiger partial charge in [-0.1, -0.05) is 12.1 Å². The van der Waals surface area contributed by atoms with Crippen LogP contribution < -0.4 is 15.9 Å². The Kier molecular flexibility index (Phi) is 4.72. The zero-order valence-corrected chi connectivity index (χ0v) is 14.4. The predicted octanol–water partition coefficient (Wildman–Crippen LogP) is 3.79. The molecule has 0 aliphatic rings. The number of aromatic nitrogens is 1. The van der Waals surface area contributed by atoms with Crippen molar-refractivity contribution in [2.24, 2.45) is 5.18 Å². The Balaban J connectivity index is 2.13. The molecular weight excluding hydrogens is 330 g/mol. The average Bonchev–Trinajstić information content (AvgIpc) is 2.63. The molecule has 1 heterocycles. The lowest BCUT2D eigenvalue weighted by atomic mass is 10.00. The van der Waals surface area contributed by atoms with E-state index in [0.717, 1.165) is 16.7 Å². The fraction of sp³-hybridized carbons (Fsp3) is 0.150. The number of nitroso groups, excluding NO2 is 1. The molecule has 0 bridgehead atoms. The zero-order valence-electron chi connectivity index (χ0n) is 14.4. The zero-order chi connectivity index (χ0) is 18.7. The number of aryl methyl sites for hydroxylation is 1. The quantitative estimate of drug-likeness (QED) is 0.711. The van der Waals surface area contributed by atoms with Gasteiger partial charge in [-0.2, -0.15) is 0 Å². The first-order chi connectivity index (χ1) is 12.5. The number of hydrogen-bond acceptors (Lipinski definition) is 5. The second kappa shape index (κ2) is 7.11. The van der Waals surface area contributed by atoms with Crippen LogP contribution in [0.3, 0.4) is 0 Å². The van der Waals surface area contributed by atoms with Gasteiger partial charge in [-0.05, 0) is 66.0 Å². The first-order valence-electron chi connectivity index (χ1n) is 8.06. The first-order valence-corrected chi connectivity index (χ1v) is 8.06. The highest BCUT2D eigenvalue weighted by atomic mass is 16.5. The van der Waals surface area contributed by atoms with E-state index in [4.69, 9.17) is 10.5 Å². The molecule has 3 aromatic rings. The summed E-state index contributed by atoms with van der Waals surface area (Å²) in [7, 11) is 0. The molecule has 0 aliphatic heterocycles. The Labute approximate surface area is 150 Å². The van der Waals surface area contributed by atoms with Crippen molar-refractivity contribution in [2.75, 3.05) is 12.3 Å². The summed E-state index contributed by atoms with van der Waals surface area (Å²) in [6.45, 7) is 4.44. The van der Waals surface area contributed by atoms with Crippen LogP contribution in [0.25, 0.3) is 16.8 Å². The minimum atomic E-state index is -0.504. The van der Waals surface area contributed by atoms with Crippen LogP contribution in [0.2, 0.25) is 0 Å². The Morgan fingerprint density at radius 3 is 2.81 bits per heavy atom. The lowest BCUT2D eigenvalue weighted by molar-refractivity contribution is 0.340. The molecule has 2 N–H and O–H groups in total. The van der Waals surface area contributed by atoms with Gasteiger partial charge in [-0.3, -0.25) is 4.79 Å². The van der Waals surface area contributed by atoms with Crippen molar-refractivity contribution < 1.29 is 4.74 Å². The summed E-state index contributed by atoms with van der Waals surface area (Å²) < 4.78 is 7.05.